The van der Waals surface area contributed by atoms with Crippen molar-refractivity contribution in [3.63, 3.8) is 0 Å². The van der Waals surface area contributed by atoms with E-state index in [1.54, 1.807) is 12.1 Å². The Balaban J connectivity index is 1.27. The number of esters is 1. The number of aromatic amines is 1. The van der Waals surface area contributed by atoms with Crippen LogP contribution >= 0.6 is 11.6 Å². The van der Waals surface area contributed by atoms with E-state index in [0.717, 1.165) is 24.1 Å². The lowest BCUT2D eigenvalue weighted by molar-refractivity contribution is -0.144. The second-order valence-electron chi connectivity index (χ2n) is 11.9. The van der Waals surface area contributed by atoms with E-state index in [2.05, 4.69) is 27.4 Å². The Kier molecular flexibility index (Phi) is 13.6. The quantitative estimate of drug-likeness (QED) is 0.111. The van der Waals surface area contributed by atoms with Crippen LogP contribution in [0.15, 0.2) is 24.3 Å². The molecule has 2 N–H and O–H groups in total. The zero-order valence-electron chi connectivity index (χ0n) is 25.8. The Morgan fingerprint density at radius 3 is 2.19 bits per heavy atom. The Labute approximate surface area is 255 Å². The van der Waals surface area contributed by atoms with Crippen LogP contribution in [-0.2, 0) is 19.7 Å². The Hall–Kier alpha value is -3.07. The fourth-order valence-electron chi connectivity index (χ4n) is 4.72. The predicted octanol–water partition coefficient (Wildman–Crippen LogP) is 8.86. The zero-order chi connectivity index (χ0) is 30.4. The van der Waals surface area contributed by atoms with Gasteiger partial charge in [-0.05, 0) is 18.6 Å². The topological polar surface area (TPSA) is 111 Å². The van der Waals surface area contributed by atoms with Crippen molar-refractivity contribution in [2.24, 2.45) is 0 Å². The molecule has 2 aromatic heterocycles. The largest absolute Gasteiger partial charge is 0.466 e. The Bertz CT molecular complexity index is 1260. The van der Waals surface area contributed by atoms with Gasteiger partial charge < -0.3 is 14.5 Å². The van der Waals surface area contributed by atoms with E-state index < -0.39 is 6.09 Å². The standard InChI is InChI=1S/C32H48ClN5O4/c1-5-6-7-8-9-10-11-12-13-14-15-20-26(39)41-21-17-22-42-31(40)34-25-19-16-18-24(23-25)29-35-30-27(33)28(32(2,3)4)36-38(30)37-29/h16,18-19,23H,5-15,17,20-22H2,1-4H3,(H,34,40)(H,35,37). The predicted molar refractivity (Wildman–Crippen MR) is 168 cm³/mol. The highest BCUT2D eigenvalue weighted by Crippen LogP contribution is 2.32. The monoisotopic (exact) mass is 601 g/mol. The Morgan fingerprint density at radius 2 is 1.55 bits per heavy atom. The number of H-pyrrole nitrogens is 1. The fraction of sp³-hybridized carbons (Fsp3) is 0.625. The maximum absolute atomic E-state index is 12.3. The summed E-state index contributed by atoms with van der Waals surface area (Å²) in [4.78, 5) is 27.4. The van der Waals surface area contributed by atoms with Gasteiger partial charge in [-0.15, -0.1) is 9.73 Å². The first-order valence-electron chi connectivity index (χ1n) is 15.5. The summed E-state index contributed by atoms with van der Waals surface area (Å²) in [6.07, 6.45) is 14.0. The number of benzene rings is 1. The third-order valence-electron chi connectivity index (χ3n) is 7.10. The highest BCUT2D eigenvalue weighted by atomic mass is 35.5. The summed E-state index contributed by atoms with van der Waals surface area (Å²) >= 11 is 6.54. The number of aromatic nitrogens is 4. The number of ether oxygens (including phenoxy) is 2. The fourth-order valence-corrected chi connectivity index (χ4v) is 5.16. The van der Waals surface area contributed by atoms with Crippen molar-refractivity contribution >= 4 is 35.0 Å². The lowest BCUT2D eigenvalue weighted by Crippen LogP contribution is -2.16. The second-order valence-corrected chi connectivity index (χ2v) is 12.3. The minimum atomic E-state index is -0.577. The van der Waals surface area contributed by atoms with Gasteiger partial charge in [-0.3, -0.25) is 10.1 Å². The van der Waals surface area contributed by atoms with E-state index in [9.17, 15) is 9.59 Å². The lowest BCUT2D eigenvalue weighted by Gasteiger charge is -2.14. The van der Waals surface area contributed by atoms with Crippen LogP contribution in [0.3, 0.4) is 0 Å². The first-order valence-corrected chi connectivity index (χ1v) is 15.9. The summed E-state index contributed by atoms with van der Waals surface area (Å²) in [5.74, 6) is 0.389. The molecule has 1 aromatic carbocycles. The molecule has 0 bridgehead atoms. The van der Waals surface area contributed by atoms with Crippen LogP contribution in [0.4, 0.5) is 10.5 Å². The van der Waals surface area contributed by atoms with Crippen molar-refractivity contribution in [1.29, 1.82) is 0 Å². The molecule has 1 amide bonds. The number of hydrogen-bond acceptors (Lipinski definition) is 6. The van der Waals surface area contributed by atoms with E-state index in [1.807, 2.05) is 32.9 Å². The Morgan fingerprint density at radius 1 is 0.905 bits per heavy atom. The molecule has 0 saturated carbocycles. The van der Waals surface area contributed by atoms with E-state index in [4.69, 9.17) is 21.1 Å². The van der Waals surface area contributed by atoms with Crippen molar-refractivity contribution in [2.45, 2.75) is 117 Å². The molecular weight excluding hydrogens is 554 g/mol. The average Bonchev–Trinajstić information content (AvgIpc) is 3.51. The number of hydrogen-bond donors (Lipinski definition) is 2. The molecular formula is C32H48ClN5O4. The molecule has 0 saturated heterocycles. The van der Waals surface area contributed by atoms with E-state index in [0.29, 0.717) is 35.0 Å². The minimum absolute atomic E-state index is 0.154. The molecule has 3 rings (SSSR count). The van der Waals surface area contributed by atoms with E-state index in [-0.39, 0.29) is 24.6 Å². The lowest BCUT2D eigenvalue weighted by atomic mass is 9.92. The third kappa shape index (κ3) is 11.0. The van der Waals surface area contributed by atoms with Gasteiger partial charge in [0.05, 0.1) is 18.9 Å². The summed E-state index contributed by atoms with van der Waals surface area (Å²) in [7, 11) is 0. The van der Waals surface area contributed by atoms with Crippen molar-refractivity contribution in [1.82, 2.24) is 19.8 Å². The number of unbranched alkanes of at least 4 members (excludes halogenated alkanes) is 10. The van der Waals surface area contributed by atoms with Crippen LogP contribution in [-0.4, -0.2) is 45.1 Å². The molecule has 0 atom stereocenters. The molecule has 10 heteroatoms. The average molecular weight is 602 g/mol. The molecule has 0 aliphatic heterocycles. The molecule has 2 heterocycles. The normalized spacial score (nSPS) is 11.6. The van der Waals surface area contributed by atoms with Gasteiger partial charge in [0.15, 0.2) is 11.5 Å². The molecule has 0 unspecified atom stereocenters. The van der Waals surface area contributed by atoms with E-state index in [1.165, 1.54) is 62.4 Å². The summed E-state index contributed by atoms with van der Waals surface area (Å²) < 4.78 is 12.0. The maximum Gasteiger partial charge on any atom is 0.411 e. The summed E-state index contributed by atoms with van der Waals surface area (Å²) in [5.41, 5.74) is 2.51. The number of halogens is 1. The summed E-state index contributed by atoms with van der Waals surface area (Å²) in [6.45, 7) is 8.77. The molecule has 3 aromatic rings. The number of fused-ring (bicyclic) bond motifs is 1. The van der Waals surface area contributed by atoms with Crippen LogP contribution in [0.1, 0.15) is 117 Å². The SMILES string of the molecule is CCCCCCCCCCCCCC(=O)OCCCOC(=O)Nc1cccc(-c2nn3nc(C(C)(C)C)c(Cl)c3[nH]2)c1. The van der Waals surface area contributed by atoms with Crippen LogP contribution in [0.5, 0.6) is 0 Å². The van der Waals surface area contributed by atoms with Crippen LogP contribution in [0.25, 0.3) is 17.0 Å². The van der Waals surface area contributed by atoms with E-state index >= 15 is 0 Å². The molecule has 0 radical (unpaired) electrons. The minimum Gasteiger partial charge on any atom is -0.466 e. The number of amides is 1. The number of carbonyl (C=O) groups excluding carboxylic acids is 2. The van der Waals surface area contributed by atoms with Crippen molar-refractivity contribution in [3.05, 3.63) is 35.0 Å². The molecule has 0 aliphatic carbocycles. The first kappa shape index (κ1) is 33.4. The van der Waals surface area contributed by atoms with Crippen molar-refractivity contribution in [2.75, 3.05) is 18.5 Å². The van der Waals surface area contributed by atoms with Gasteiger partial charge in [-0.2, -0.15) is 5.10 Å². The van der Waals surface area contributed by atoms with Crippen molar-refractivity contribution in [3.8, 4) is 11.4 Å². The van der Waals surface area contributed by atoms with Gasteiger partial charge in [0.25, 0.3) is 0 Å². The van der Waals surface area contributed by atoms with Crippen molar-refractivity contribution < 1.29 is 19.1 Å². The van der Waals surface area contributed by atoms with Gasteiger partial charge >= 0.3 is 12.1 Å². The highest BCUT2D eigenvalue weighted by molar-refractivity contribution is 6.34. The van der Waals surface area contributed by atoms with Gasteiger partial charge in [-0.1, -0.05) is 116 Å². The molecule has 42 heavy (non-hydrogen) atoms. The number of nitrogens with one attached hydrogen (secondary N) is 2. The number of rotatable bonds is 18. The molecule has 0 aliphatic rings. The molecule has 0 spiro atoms. The van der Waals surface area contributed by atoms with Gasteiger partial charge in [0.1, 0.15) is 5.02 Å². The van der Waals surface area contributed by atoms with Crippen LogP contribution in [0, 0.1) is 0 Å². The second kappa shape index (κ2) is 17.1. The first-order chi connectivity index (χ1) is 20.2. The number of anilines is 1. The van der Waals surface area contributed by atoms with Gasteiger partial charge in [0.2, 0.25) is 0 Å². The number of nitrogens with zero attached hydrogens (tertiary/aromatic N) is 3. The number of carbonyl (C=O) groups is 2. The van der Waals surface area contributed by atoms with Gasteiger partial charge in [-0.25, -0.2) is 4.79 Å². The maximum atomic E-state index is 12.3. The zero-order valence-corrected chi connectivity index (χ0v) is 26.5. The molecule has 9 nitrogen and oxygen atoms in total. The van der Waals surface area contributed by atoms with Crippen LogP contribution < -0.4 is 5.32 Å². The summed E-state index contributed by atoms with van der Waals surface area (Å²) in [5, 5.41) is 12.3. The summed E-state index contributed by atoms with van der Waals surface area (Å²) in [6, 6.07) is 7.24. The molecule has 232 valence electrons. The smallest absolute Gasteiger partial charge is 0.411 e. The third-order valence-corrected chi connectivity index (χ3v) is 7.46. The highest BCUT2D eigenvalue weighted by Gasteiger charge is 2.25. The van der Waals surface area contributed by atoms with Crippen LogP contribution in [0.2, 0.25) is 5.02 Å². The van der Waals surface area contributed by atoms with Gasteiger partial charge in [0, 0.05) is 29.5 Å². The molecule has 0 fully saturated rings.